The molecule has 0 heterocycles. The Bertz CT molecular complexity index is 180. The monoisotopic (exact) mass is 182 g/mol. The Kier molecular flexibility index (Phi) is 4.23. The van der Waals surface area contributed by atoms with Gasteiger partial charge in [0.05, 0.1) is 0 Å². The van der Waals surface area contributed by atoms with Gasteiger partial charge in [-0.05, 0) is 12.8 Å². The van der Waals surface area contributed by atoms with Gasteiger partial charge in [-0.15, -0.1) is 0 Å². The molecule has 0 aromatic heterocycles. The summed E-state index contributed by atoms with van der Waals surface area (Å²) >= 11 is 0. The summed E-state index contributed by atoms with van der Waals surface area (Å²) in [5.74, 6) is -2.38. The molecule has 1 aliphatic carbocycles. The third-order valence-electron chi connectivity index (χ3n) is 2.28. The molecule has 1 fully saturated rings. The van der Waals surface area contributed by atoms with E-state index in [4.69, 9.17) is 10.2 Å². The van der Waals surface area contributed by atoms with Gasteiger partial charge in [0.15, 0.2) is 5.41 Å². The number of carboxylic acids is 2. The predicted molar refractivity (Wildman–Crippen MR) is 43.3 cm³/mol. The molecule has 0 saturated heterocycles. The molecule has 0 radical (unpaired) electrons. The maximum atomic E-state index is 10.6. The molecule has 1 saturated carbocycles. The van der Waals surface area contributed by atoms with Gasteiger partial charge in [0.1, 0.15) is 0 Å². The fourth-order valence-electron chi connectivity index (χ4n) is 1.50. The number of carboxylic acid groups (broad SMARTS) is 2. The molecule has 64 valence electrons. The quantitative estimate of drug-likeness (QED) is 0.468. The number of rotatable bonds is 2. The third-order valence-corrected chi connectivity index (χ3v) is 2.28. The van der Waals surface area contributed by atoms with E-state index in [1.807, 2.05) is 0 Å². The van der Waals surface area contributed by atoms with Crippen molar-refractivity contribution in [2.24, 2.45) is 5.41 Å². The zero-order valence-corrected chi connectivity index (χ0v) is 6.04. The Morgan fingerprint density at radius 3 is 1.50 bits per heavy atom. The summed E-state index contributed by atoms with van der Waals surface area (Å²) in [5.41, 5.74) is -1.47. The van der Waals surface area contributed by atoms with Crippen molar-refractivity contribution in [3.05, 3.63) is 0 Å². The minimum atomic E-state index is -1.47. The van der Waals surface area contributed by atoms with E-state index in [0.29, 0.717) is 12.8 Å². The van der Waals surface area contributed by atoms with Gasteiger partial charge in [-0.3, -0.25) is 9.59 Å². The molecule has 2 N–H and O–H groups in total. The van der Waals surface area contributed by atoms with E-state index in [1.165, 1.54) is 0 Å². The molecule has 1 rings (SSSR count). The number of hydrogen-bond acceptors (Lipinski definition) is 2. The maximum absolute atomic E-state index is 10.6. The Labute approximate surface area is 92.2 Å². The van der Waals surface area contributed by atoms with Gasteiger partial charge in [-0.25, -0.2) is 0 Å². The topological polar surface area (TPSA) is 74.6 Å². The van der Waals surface area contributed by atoms with Gasteiger partial charge in [0, 0.05) is 0 Å². The Morgan fingerprint density at radius 2 is 1.33 bits per heavy atom. The van der Waals surface area contributed by atoms with Crippen LogP contribution in [-0.2, 0) is 9.59 Å². The second-order valence-corrected chi connectivity index (χ2v) is 2.90. The van der Waals surface area contributed by atoms with E-state index in [9.17, 15) is 9.59 Å². The van der Waals surface area contributed by atoms with E-state index in [2.05, 4.69) is 0 Å². The minimum absolute atomic E-state index is 0. The van der Waals surface area contributed by atoms with Crippen molar-refractivity contribution in [1.29, 1.82) is 0 Å². The zero-order chi connectivity index (χ0) is 8.48. The van der Waals surface area contributed by atoms with Crippen LogP contribution < -0.4 is 0 Å². The van der Waals surface area contributed by atoms with E-state index >= 15 is 0 Å². The van der Waals surface area contributed by atoms with Gasteiger partial charge in [-0.1, -0.05) is 12.8 Å². The molecule has 0 atom stereocenters. The normalized spacial score (nSPS) is 19.7. The Hall–Kier alpha value is -0.0600. The second kappa shape index (κ2) is 4.25. The van der Waals surface area contributed by atoms with Crippen LogP contribution >= 0.6 is 0 Å². The summed E-state index contributed by atoms with van der Waals surface area (Å²) < 4.78 is 0. The first-order valence-corrected chi connectivity index (χ1v) is 3.56. The summed E-state index contributed by atoms with van der Waals surface area (Å²) in [6.45, 7) is 0. The Morgan fingerprint density at radius 1 is 1.00 bits per heavy atom. The molecular formula is C7H11NaO4. The van der Waals surface area contributed by atoms with E-state index < -0.39 is 17.4 Å². The summed E-state index contributed by atoms with van der Waals surface area (Å²) in [6, 6.07) is 0. The average Bonchev–Trinajstić information content (AvgIpc) is 2.34. The molecule has 5 heteroatoms. The summed E-state index contributed by atoms with van der Waals surface area (Å²) in [6.07, 6.45) is 1.96. The van der Waals surface area contributed by atoms with Gasteiger partial charge in [0.25, 0.3) is 0 Å². The number of carbonyl (C=O) groups is 2. The molecule has 0 bridgehead atoms. The zero-order valence-electron chi connectivity index (χ0n) is 6.04. The first kappa shape index (κ1) is 11.9. The molecule has 1 aliphatic rings. The second-order valence-electron chi connectivity index (χ2n) is 2.90. The fourth-order valence-corrected chi connectivity index (χ4v) is 1.50. The van der Waals surface area contributed by atoms with Gasteiger partial charge < -0.3 is 10.2 Å². The van der Waals surface area contributed by atoms with Crippen molar-refractivity contribution in [3.8, 4) is 0 Å². The van der Waals surface area contributed by atoms with Crippen molar-refractivity contribution >= 4 is 41.5 Å². The van der Waals surface area contributed by atoms with Crippen LogP contribution in [0.1, 0.15) is 25.7 Å². The molecule has 0 aromatic rings. The standard InChI is InChI=1S/C7H10O4.Na.H/c8-5(9)7(6(10)11)3-1-2-4-7;;/h1-4H2,(H,8,9)(H,10,11);;. The molecular weight excluding hydrogens is 171 g/mol. The molecule has 0 amide bonds. The van der Waals surface area contributed by atoms with E-state index in [-0.39, 0.29) is 42.4 Å². The number of aliphatic carboxylic acids is 2. The van der Waals surface area contributed by atoms with Gasteiger partial charge in [-0.2, -0.15) is 0 Å². The van der Waals surface area contributed by atoms with Crippen LogP contribution in [0.5, 0.6) is 0 Å². The van der Waals surface area contributed by atoms with E-state index in [1.54, 1.807) is 0 Å². The molecule has 0 unspecified atom stereocenters. The van der Waals surface area contributed by atoms with Crippen LogP contribution in [0.25, 0.3) is 0 Å². The first-order chi connectivity index (χ1) is 5.09. The third kappa shape index (κ3) is 1.81. The van der Waals surface area contributed by atoms with Crippen LogP contribution in [0, 0.1) is 5.41 Å². The summed E-state index contributed by atoms with van der Waals surface area (Å²) in [4.78, 5) is 21.2. The molecule has 12 heavy (non-hydrogen) atoms. The SMILES string of the molecule is O=C(O)C1(C(=O)O)CCCC1.[NaH]. The summed E-state index contributed by atoms with van der Waals surface area (Å²) in [5, 5.41) is 17.3. The first-order valence-electron chi connectivity index (χ1n) is 3.56. The molecule has 4 nitrogen and oxygen atoms in total. The van der Waals surface area contributed by atoms with Crippen LogP contribution in [0.15, 0.2) is 0 Å². The van der Waals surface area contributed by atoms with Crippen molar-refractivity contribution in [1.82, 2.24) is 0 Å². The molecule has 0 aromatic carbocycles. The van der Waals surface area contributed by atoms with Crippen LogP contribution in [0.2, 0.25) is 0 Å². The van der Waals surface area contributed by atoms with Crippen molar-refractivity contribution in [2.75, 3.05) is 0 Å². The van der Waals surface area contributed by atoms with Crippen molar-refractivity contribution in [2.45, 2.75) is 25.7 Å². The van der Waals surface area contributed by atoms with Crippen molar-refractivity contribution < 1.29 is 19.8 Å². The van der Waals surface area contributed by atoms with Crippen molar-refractivity contribution in [3.63, 3.8) is 0 Å². The van der Waals surface area contributed by atoms with Gasteiger partial charge >= 0.3 is 41.5 Å². The van der Waals surface area contributed by atoms with Crippen LogP contribution in [-0.4, -0.2) is 51.7 Å². The fraction of sp³-hybridized carbons (Fsp3) is 0.714. The van der Waals surface area contributed by atoms with Crippen LogP contribution in [0.3, 0.4) is 0 Å². The molecule has 0 spiro atoms. The summed E-state index contributed by atoms with van der Waals surface area (Å²) in [7, 11) is 0. The number of hydrogen-bond donors (Lipinski definition) is 2. The van der Waals surface area contributed by atoms with E-state index in [0.717, 1.165) is 0 Å². The predicted octanol–water partition coefficient (Wildman–Crippen LogP) is 0.0675. The van der Waals surface area contributed by atoms with Gasteiger partial charge in [0.2, 0.25) is 0 Å². The molecule has 0 aliphatic heterocycles. The Balaban J connectivity index is 0.00000121. The van der Waals surface area contributed by atoms with Crippen LogP contribution in [0.4, 0.5) is 0 Å². The average molecular weight is 182 g/mol.